The smallest absolute Gasteiger partial charge is 0.400 e. The van der Waals surface area contributed by atoms with Crippen LogP contribution in [0.15, 0.2) is 45.9 Å². The molecular weight excluding hydrogens is 234 g/mol. The van der Waals surface area contributed by atoms with Crippen LogP contribution in [-0.4, -0.2) is 11.1 Å². The zero-order valence-corrected chi connectivity index (χ0v) is 9.66. The molecule has 1 aromatic heterocycles. The molecule has 0 saturated carbocycles. The summed E-state index contributed by atoms with van der Waals surface area (Å²) in [5.41, 5.74) is 4.77. The maximum Gasteiger partial charge on any atom is 0.433 e. The SMILES string of the molecule is Cc1ccccc1N/N=C\c1ccc([N+](=O)[O-])o1. The van der Waals surface area contributed by atoms with E-state index >= 15 is 0 Å². The van der Waals surface area contributed by atoms with Crippen molar-refractivity contribution >= 4 is 17.8 Å². The summed E-state index contributed by atoms with van der Waals surface area (Å²) >= 11 is 0. The molecule has 1 aromatic carbocycles. The second-order valence-electron chi connectivity index (χ2n) is 3.62. The number of para-hydroxylation sites is 1. The lowest BCUT2D eigenvalue weighted by Crippen LogP contribution is -1.92. The monoisotopic (exact) mass is 245 g/mol. The molecule has 0 radical (unpaired) electrons. The molecule has 0 atom stereocenters. The minimum absolute atomic E-state index is 0.299. The minimum atomic E-state index is -0.591. The third-order valence-electron chi connectivity index (χ3n) is 2.31. The first kappa shape index (κ1) is 11.8. The van der Waals surface area contributed by atoms with Crippen LogP contribution in [0.5, 0.6) is 0 Å². The number of furan rings is 1. The average Bonchev–Trinajstić information content (AvgIpc) is 2.80. The summed E-state index contributed by atoms with van der Waals surface area (Å²) in [5.74, 6) is 0.0233. The first-order chi connectivity index (χ1) is 8.66. The van der Waals surface area contributed by atoms with E-state index in [9.17, 15) is 10.1 Å². The molecule has 1 heterocycles. The Balaban J connectivity index is 2.03. The van der Waals surface area contributed by atoms with Crippen molar-refractivity contribution in [3.8, 4) is 0 Å². The number of aryl methyl sites for hydroxylation is 1. The van der Waals surface area contributed by atoms with E-state index in [1.165, 1.54) is 18.3 Å². The normalized spacial score (nSPS) is 10.7. The van der Waals surface area contributed by atoms with Crippen molar-refractivity contribution in [3.05, 3.63) is 57.8 Å². The molecule has 0 aliphatic heterocycles. The van der Waals surface area contributed by atoms with Crippen LogP contribution in [0.3, 0.4) is 0 Å². The standard InChI is InChI=1S/C12H11N3O3/c1-9-4-2-3-5-11(9)14-13-8-10-6-7-12(18-10)15(16)17/h2-8,14H,1H3/b13-8-. The van der Waals surface area contributed by atoms with Gasteiger partial charge in [-0.25, -0.2) is 0 Å². The van der Waals surface area contributed by atoms with Crippen molar-refractivity contribution in [1.82, 2.24) is 0 Å². The predicted octanol–water partition coefficient (Wildman–Crippen LogP) is 2.94. The van der Waals surface area contributed by atoms with Crippen LogP contribution in [0.25, 0.3) is 0 Å². The highest BCUT2D eigenvalue weighted by Gasteiger charge is 2.09. The van der Waals surface area contributed by atoms with Crippen LogP contribution in [0.4, 0.5) is 11.6 Å². The van der Waals surface area contributed by atoms with E-state index in [1.54, 1.807) is 0 Å². The van der Waals surface area contributed by atoms with Gasteiger partial charge in [0.25, 0.3) is 0 Å². The van der Waals surface area contributed by atoms with Crippen LogP contribution in [-0.2, 0) is 0 Å². The van der Waals surface area contributed by atoms with Gasteiger partial charge < -0.3 is 4.42 Å². The molecule has 0 fully saturated rings. The summed E-state index contributed by atoms with van der Waals surface area (Å²) in [5, 5.41) is 14.4. The van der Waals surface area contributed by atoms with E-state index in [4.69, 9.17) is 4.42 Å². The lowest BCUT2D eigenvalue weighted by atomic mass is 10.2. The number of hydrogen-bond acceptors (Lipinski definition) is 5. The van der Waals surface area contributed by atoms with Gasteiger partial charge in [-0.3, -0.25) is 15.5 Å². The molecule has 6 heteroatoms. The number of benzene rings is 1. The Morgan fingerprint density at radius 1 is 1.33 bits per heavy atom. The van der Waals surface area contributed by atoms with Gasteiger partial charge in [-0.15, -0.1) is 0 Å². The van der Waals surface area contributed by atoms with Gasteiger partial charge in [0.1, 0.15) is 4.92 Å². The number of nitrogens with one attached hydrogen (secondary N) is 1. The number of hydrogen-bond donors (Lipinski definition) is 1. The highest BCUT2D eigenvalue weighted by atomic mass is 16.6. The summed E-state index contributed by atoms with van der Waals surface area (Å²) in [7, 11) is 0. The van der Waals surface area contributed by atoms with Gasteiger partial charge >= 0.3 is 5.88 Å². The lowest BCUT2D eigenvalue weighted by molar-refractivity contribution is -0.402. The quantitative estimate of drug-likeness (QED) is 0.510. The van der Waals surface area contributed by atoms with E-state index in [1.807, 2.05) is 31.2 Å². The highest BCUT2D eigenvalue weighted by molar-refractivity contribution is 5.77. The van der Waals surface area contributed by atoms with Crippen molar-refractivity contribution < 1.29 is 9.34 Å². The molecule has 0 aliphatic rings. The van der Waals surface area contributed by atoms with Gasteiger partial charge in [0.05, 0.1) is 18.0 Å². The molecule has 2 rings (SSSR count). The predicted molar refractivity (Wildman–Crippen MR) is 67.8 cm³/mol. The Morgan fingerprint density at radius 2 is 2.11 bits per heavy atom. The van der Waals surface area contributed by atoms with E-state index in [2.05, 4.69) is 10.5 Å². The molecule has 0 unspecified atom stereocenters. The zero-order chi connectivity index (χ0) is 13.0. The van der Waals surface area contributed by atoms with Crippen LogP contribution in [0, 0.1) is 17.0 Å². The molecule has 6 nitrogen and oxygen atoms in total. The maximum atomic E-state index is 10.4. The largest absolute Gasteiger partial charge is 0.433 e. The topological polar surface area (TPSA) is 80.7 Å². The minimum Gasteiger partial charge on any atom is -0.400 e. The van der Waals surface area contributed by atoms with E-state index in [0.29, 0.717) is 5.76 Å². The van der Waals surface area contributed by atoms with Gasteiger partial charge in [-0.1, -0.05) is 18.2 Å². The van der Waals surface area contributed by atoms with Crippen molar-refractivity contribution in [2.45, 2.75) is 6.92 Å². The van der Waals surface area contributed by atoms with Crippen molar-refractivity contribution in [2.24, 2.45) is 5.10 Å². The first-order valence-corrected chi connectivity index (χ1v) is 5.26. The third-order valence-corrected chi connectivity index (χ3v) is 2.31. The zero-order valence-electron chi connectivity index (χ0n) is 9.66. The molecule has 1 N–H and O–H groups in total. The molecular formula is C12H11N3O3. The van der Waals surface area contributed by atoms with Crippen LogP contribution in [0.2, 0.25) is 0 Å². The summed E-state index contributed by atoms with van der Waals surface area (Å²) in [6.07, 6.45) is 1.39. The second kappa shape index (κ2) is 5.13. The van der Waals surface area contributed by atoms with Crippen LogP contribution >= 0.6 is 0 Å². The maximum absolute atomic E-state index is 10.4. The summed E-state index contributed by atoms with van der Waals surface area (Å²) in [6, 6.07) is 10.4. The number of hydrazone groups is 1. The Morgan fingerprint density at radius 3 is 2.78 bits per heavy atom. The summed E-state index contributed by atoms with van der Waals surface area (Å²) < 4.78 is 4.92. The lowest BCUT2D eigenvalue weighted by Gasteiger charge is -2.02. The van der Waals surface area contributed by atoms with Gasteiger partial charge in [0, 0.05) is 0 Å². The fourth-order valence-corrected chi connectivity index (χ4v) is 1.37. The van der Waals surface area contributed by atoms with Crippen molar-refractivity contribution in [1.29, 1.82) is 0 Å². The molecule has 0 amide bonds. The van der Waals surface area contributed by atoms with Gasteiger partial charge in [-0.05, 0) is 24.6 Å². The van der Waals surface area contributed by atoms with E-state index in [0.717, 1.165) is 11.3 Å². The molecule has 2 aromatic rings. The summed E-state index contributed by atoms with van der Waals surface area (Å²) in [4.78, 5) is 9.81. The first-order valence-electron chi connectivity index (χ1n) is 5.26. The fourth-order valence-electron chi connectivity index (χ4n) is 1.37. The Bertz CT molecular complexity index is 590. The number of nitro groups is 1. The Hall–Kier alpha value is -2.63. The third kappa shape index (κ3) is 2.73. The number of rotatable bonds is 4. The number of anilines is 1. The molecule has 0 aliphatic carbocycles. The highest BCUT2D eigenvalue weighted by Crippen LogP contribution is 2.15. The summed E-state index contributed by atoms with van der Waals surface area (Å²) in [6.45, 7) is 1.95. The van der Waals surface area contributed by atoms with Gasteiger partial charge in [0.15, 0.2) is 5.76 Å². The molecule has 92 valence electrons. The van der Waals surface area contributed by atoms with Crippen molar-refractivity contribution in [3.63, 3.8) is 0 Å². The molecule has 0 saturated heterocycles. The Kier molecular flexibility index (Phi) is 3.38. The fraction of sp³-hybridized carbons (Fsp3) is 0.0833. The second-order valence-corrected chi connectivity index (χ2v) is 3.62. The number of nitrogens with zero attached hydrogens (tertiary/aromatic N) is 2. The average molecular weight is 245 g/mol. The van der Waals surface area contributed by atoms with Gasteiger partial charge in [0.2, 0.25) is 0 Å². The molecule has 0 bridgehead atoms. The van der Waals surface area contributed by atoms with Crippen LogP contribution in [0.1, 0.15) is 11.3 Å². The Labute approximate surface area is 103 Å². The molecule has 18 heavy (non-hydrogen) atoms. The van der Waals surface area contributed by atoms with Gasteiger partial charge in [-0.2, -0.15) is 5.10 Å². The van der Waals surface area contributed by atoms with Crippen molar-refractivity contribution in [2.75, 3.05) is 5.43 Å². The van der Waals surface area contributed by atoms with Crippen LogP contribution < -0.4 is 5.43 Å². The molecule has 0 spiro atoms. The van der Waals surface area contributed by atoms with E-state index < -0.39 is 4.92 Å². The van der Waals surface area contributed by atoms with E-state index in [-0.39, 0.29) is 5.88 Å².